The van der Waals surface area contributed by atoms with Gasteiger partial charge in [0.2, 0.25) is 11.7 Å². The summed E-state index contributed by atoms with van der Waals surface area (Å²) in [4.78, 5) is 26.4. The van der Waals surface area contributed by atoms with Crippen LogP contribution in [0.15, 0.2) is 16.8 Å². The number of morpholine rings is 1. The van der Waals surface area contributed by atoms with Gasteiger partial charge in [-0.25, -0.2) is 9.97 Å². The van der Waals surface area contributed by atoms with Gasteiger partial charge in [-0.15, -0.1) is 0 Å². The lowest BCUT2D eigenvalue weighted by Gasteiger charge is -2.36. The van der Waals surface area contributed by atoms with Crippen LogP contribution in [0, 0.1) is 6.92 Å². The molecule has 28 heavy (non-hydrogen) atoms. The summed E-state index contributed by atoms with van der Waals surface area (Å²) in [5, 5.41) is 3.65. The number of rotatable bonds is 2. The van der Waals surface area contributed by atoms with Crippen molar-refractivity contribution in [2.24, 2.45) is 0 Å². The highest BCUT2D eigenvalue weighted by Crippen LogP contribution is 2.40. The van der Waals surface area contributed by atoms with E-state index in [1.807, 2.05) is 11.8 Å². The Morgan fingerprint density at radius 1 is 1.18 bits per heavy atom. The lowest BCUT2D eigenvalue weighted by atomic mass is 9.80. The van der Waals surface area contributed by atoms with E-state index in [0.717, 1.165) is 42.4 Å². The fourth-order valence-electron chi connectivity index (χ4n) is 4.35. The molecule has 2 aromatic rings. The summed E-state index contributed by atoms with van der Waals surface area (Å²) in [6.07, 6.45) is 2.29. The molecule has 5 rings (SSSR count). The molecule has 3 aliphatic heterocycles. The number of likely N-dealkylation sites (tertiary alicyclic amines) is 1. The van der Waals surface area contributed by atoms with Crippen LogP contribution in [0.3, 0.4) is 0 Å². The third-order valence-corrected chi connectivity index (χ3v) is 5.91. The second-order valence-corrected chi connectivity index (χ2v) is 7.66. The molecule has 1 amide bonds. The van der Waals surface area contributed by atoms with E-state index in [0.29, 0.717) is 39.5 Å². The SMILES string of the molecule is Cc1nc(N2CCOCC2)nc2c1COC[C@@]21CCN(C(=O)c2ccno2)C1. The van der Waals surface area contributed by atoms with Gasteiger partial charge in [0.05, 0.1) is 43.7 Å². The van der Waals surface area contributed by atoms with E-state index >= 15 is 0 Å². The average molecular weight is 385 g/mol. The summed E-state index contributed by atoms with van der Waals surface area (Å²) in [6, 6.07) is 1.60. The first-order chi connectivity index (χ1) is 13.7. The quantitative estimate of drug-likeness (QED) is 0.754. The summed E-state index contributed by atoms with van der Waals surface area (Å²) in [5.41, 5.74) is 2.72. The summed E-state index contributed by atoms with van der Waals surface area (Å²) < 4.78 is 16.4. The Morgan fingerprint density at radius 2 is 2.04 bits per heavy atom. The molecular weight excluding hydrogens is 362 g/mol. The molecule has 2 fully saturated rings. The van der Waals surface area contributed by atoms with Crippen molar-refractivity contribution >= 4 is 11.9 Å². The van der Waals surface area contributed by atoms with E-state index in [4.69, 9.17) is 24.0 Å². The number of carbonyl (C=O) groups excluding carboxylic acids is 1. The summed E-state index contributed by atoms with van der Waals surface area (Å²) in [6.45, 7) is 7.23. The number of nitrogens with zero attached hydrogens (tertiary/aromatic N) is 5. The van der Waals surface area contributed by atoms with Crippen LogP contribution < -0.4 is 4.90 Å². The number of aryl methyl sites for hydroxylation is 1. The van der Waals surface area contributed by atoms with E-state index in [-0.39, 0.29) is 17.1 Å². The number of aromatic nitrogens is 3. The summed E-state index contributed by atoms with van der Waals surface area (Å²) in [5.74, 6) is 0.878. The molecule has 0 radical (unpaired) electrons. The smallest absolute Gasteiger partial charge is 0.292 e. The maximum atomic E-state index is 12.7. The van der Waals surface area contributed by atoms with Crippen molar-refractivity contribution < 1.29 is 18.8 Å². The van der Waals surface area contributed by atoms with E-state index in [1.54, 1.807) is 6.07 Å². The zero-order valence-electron chi connectivity index (χ0n) is 15.9. The van der Waals surface area contributed by atoms with Crippen LogP contribution in [0.1, 0.15) is 33.9 Å². The molecule has 9 nitrogen and oxygen atoms in total. The minimum absolute atomic E-state index is 0.138. The molecule has 148 valence electrons. The van der Waals surface area contributed by atoms with E-state index in [9.17, 15) is 4.79 Å². The predicted molar refractivity (Wildman–Crippen MR) is 98.2 cm³/mol. The maximum absolute atomic E-state index is 12.7. The molecule has 0 aliphatic carbocycles. The van der Waals surface area contributed by atoms with Gasteiger partial charge < -0.3 is 23.8 Å². The number of ether oxygens (including phenoxy) is 2. The Bertz CT molecular complexity index is 881. The third kappa shape index (κ3) is 2.85. The van der Waals surface area contributed by atoms with Gasteiger partial charge in [-0.2, -0.15) is 0 Å². The molecule has 9 heteroatoms. The highest BCUT2D eigenvalue weighted by molar-refractivity contribution is 5.91. The molecule has 2 saturated heterocycles. The Balaban J connectivity index is 1.48. The van der Waals surface area contributed by atoms with Crippen LogP contribution in [0.5, 0.6) is 0 Å². The Morgan fingerprint density at radius 3 is 2.82 bits per heavy atom. The maximum Gasteiger partial charge on any atom is 0.292 e. The molecule has 0 unspecified atom stereocenters. The van der Waals surface area contributed by atoms with Gasteiger partial charge in [-0.05, 0) is 13.3 Å². The second-order valence-electron chi connectivity index (χ2n) is 7.66. The molecule has 3 aliphatic rings. The zero-order valence-corrected chi connectivity index (χ0v) is 15.9. The van der Waals surface area contributed by atoms with Crippen molar-refractivity contribution in [1.82, 2.24) is 20.0 Å². The second kappa shape index (κ2) is 6.82. The van der Waals surface area contributed by atoms with Gasteiger partial charge >= 0.3 is 0 Å². The fraction of sp³-hybridized carbons (Fsp3) is 0.579. The normalized spacial score (nSPS) is 24.6. The number of hydrogen-bond acceptors (Lipinski definition) is 8. The van der Waals surface area contributed by atoms with Gasteiger partial charge in [-0.3, -0.25) is 4.79 Å². The van der Waals surface area contributed by atoms with Crippen LogP contribution in [0.25, 0.3) is 0 Å². The van der Waals surface area contributed by atoms with Crippen molar-refractivity contribution in [2.75, 3.05) is 50.9 Å². The molecule has 0 N–H and O–H groups in total. The molecular formula is C19H23N5O4. The average Bonchev–Trinajstić information content (AvgIpc) is 3.40. The van der Waals surface area contributed by atoms with Crippen molar-refractivity contribution in [2.45, 2.75) is 25.4 Å². The molecule has 0 saturated carbocycles. The minimum Gasteiger partial charge on any atom is -0.378 e. The Kier molecular flexibility index (Phi) is 4.28. The summed E-state index contributed by atoms with van der Waals surface area (Å²) >= 11 is 0. The zero-order chi connectivity index (χ0) is 19.1. The van der Waals surface area contributed by atoms with Gasteiger partial charge in [0.15, 0.2) is 0 Å². The molecule has 0 aromatic carbocycles. The monoisotopic (exact) mass is 385 g/mol. The first kappa shape index (κ1) is 17.6. The van der Waals surface area contributed by atoms with Crippen molar-refractivity contribution in [3.05, 3.63) is 35.0 Å². The van der Waals surface area contributed by atoms with Crippen LogP contribution in [-0.4, -0.2) is 71.9 Å². The lowest BCUT2D eigenvalue weighted by Crippen LogP contribution is -2.43. The summed E-state index contributed by atoms with van der Waals surface area (Å²) in [7, 11) is 0. The fourth-order valence-corrected chi connectivity index (χ4v) is 4.35. The largest absolute Gasteiger partial charge is 0.378 e. The number of anilines is 1. The highest BCUT2D eigenvalue weighted by Gasteiger charge is 2.47. The molecule has 5 heterocycles. The molecule has 0 bridgehead atoms. The van der Waals surface area contributed by atoms with Crippen LogP contribution in [-0.2, 0) is 21.5 Å². The van der Waals surface area contributed by atoms with Crippen LogP contribution in [0.4, 0.5) is 5.95 Å². The van der Waals surface area contributed by atoms with E-state index < -0.39 is 0 Å². The lowest BCUT2D eigenvalue weighted by molar-refractivity contribution is 0.0472. The van der Waals surface area contributed by atoms with Crippen molar-refractivity contribution in [1.29, 1.82) is 0 Å². The number of hydrogen-bond donors (Lipinski definition) is 0. The van der Waals surface area contributed by atoms with Crippen molar-refractivity contribution in [3.63, 3.8) is 0 Å². The number of carbonyl (C=O) groups is 1. The standard InChI is InChI=1S/C19H23N5O4/c1-13-14-10-27-12-19(3-5-24(11-19)17(25)15-2-4-20-28-15)16(14)22-18(21-13)23-6-8-26-9-7-23/h2,4H,3,5-12H2,1H3/t19-/m0/s1. The first-order valence-electron chi connectivity index (χ1n) is 9.65. The molecule has 1 spiro atoms. The minimum atomic E-state index is -0.308. The third-order valence-electron chi connectivity index (χ3n) is 5.91. The van der Waals surface area contributed by atoms with Gasteiger partial charge in [0, 0.05) is 43.5 Å². The van der Waals surface area contributed by atoms with Gasteiger partial charge in [0.25, 0.3) is 5.91 Å². The van der Waals surface area contributed by atoms with Crippen LogP contribution >= 0.6 is 0 Å². The van der Waals surface area contributed by atoms with E-state index in [2.05, 4.69) is 10.1 Å². The van der Waals surface area contributed by atoms with Gasteiger partial charge in [0.1, 0.15) is 0 Å². The number of amides is 1. The van der Waals surface area contributed by atoms with Gasteiger partial charge in [-0.1, -0.05) is 5.16 Å². The Hall–Kier alpha value is -2.52. The van der Waals surface area contributed by atoms with E-state index in [1.165, 1.54) is 6.20 Å². The highest BCUT2D eigenvalue weighted by atomic mass is 16.5. The topological polar surface area (TPSA) is 93.8 Å². The predicted octanol–water partition coefficient (Wildman–Crippen LogP) is 0.924. The first-order valence-corrected chi connectivity index (χ1v) is 9.65. The molecule has 1 atom stereocenters. The number of fused-ring (bicyclic) bond motifs is 2. The Labute approximate surface area is 162 Å². The molecule has 2 aromatic heterocycles. The van der Waals surface area contributed by atoms with Crippen molar-refractivity contribution in [3.8, 4) is 0 Å². The van der Waals surface area contributed by atoms with Crippen LogP contribution in [0.2, 0.25) is 0 Å².